The number of unbranched alkanes of at least 4 members (excludes halogenated alkanes) is 1. The molecule has 0 radical (unpaired) electrons. The molecule has 4 fully saturated rings. The van der Waals surface area contributed by atoms with E-state index in [-0.39, 0.29) is 55.4 Å². The molecule has 0 saturated carbocycles. The molecule has 8 nitrogen and oxygen atoms in total. The van der Waals surface area contributed by atoms with Crippen molar-refractivity contribution in [2.45, 2.75) is 131 Å². The van der Waals surface area contributed by atoms with Crippen LogP contribution in [0.4, 0.5) is 0 Å². The van der Waals surface area contributed by atoms with Gasteiger partial charge in [0.2, 0.25) is 0 Å². The van der Waals surface area contributed by atoms with E-state index in [2.05, 4.69) is 38.7 Å². The van der Waals surface area contributed by atoms with Crippen molar-refractivity contribution >= 4 is 23.5 Å². The Morgan fingerprint density at radius 3 is 2.59 bits per heavy atom. The fraction of sp³-hybridized carbons (Fsp3) is 0.824. The van der Waals surface area contributed by atoms with E-state index in [4.69, 9.17) is 24.1 Å². The van der Waals surface area contributed by atoms with Crippen LogP contribution in [0, 0.1) is 17.8 Å². The molecule has 5 aliphatic heterocycles. The van der Waals surface area contributed by atoms with Crippen LogP contribution in [0.3, 0.4) is 0 Å². The van der Waals surface area contributed by atoms with Gasteiger partial charge in [0.05, 0.1) is 41.2 Å². The summed E-state index contributed by atoms with van der Waals surface area (Å²) < 4.78 is 26.3. The Morgan fingerprint density at radius 2 is 1.86 bits per heavy atom. The smallest absolute Gasteiger partial charge is 0.176 e. The number of aliphatic hydroxyl groups is 4. The molecule has 0 bridgehead atoms. The average molecular weight is 655 g/mol. The Morgan fingerprint density at radius 1 is 1.09 bits per heavy atom. The molecule has 250 valence electrons. The van der Waals surface area contributed by atoms with Crippen LogP contribution in [0.5, 0.6) is 0 Å². The first-order chi connectivity index (χ1) is 21.1. The Hall–Kier alpha value is -0.400. The number of hydrogen-bond acceptors (Lipinski definition) is 10. The standard InChI is InChI=1S/C34H54O8S2/c1-22(30(37)23(2)21-36)18-25(4)34(43-16-9-17-44-34)31(38)29-20-28-27(39-29)19-24(3)33(41-28)14-13-32(42-33)12-8-11-26(40-32)10-6-5-7-15-35/h6,8,10-11,22,24-31,35-38H,2,5,7,9,12-21H2,1,3-4H3/b10-6+/t22-,24+,25+,26+,27+,28+,29-,30-,31+,32-,33+/m0/s1. The molecule has 2 spiro atoms. The van der Waals surface area contributed by atoms with Crippen molar-refractivity contribution in [2.24, 2.45) is 17.8 Å². The van der Waals surface area contributed by atoms with Crippen LogP contribution in [-0.2, 0) is 18.9 Å². The van der Waals surface area contributed by atoms with E-state index in [9.17, 15) is 15.3 Å². The molecule has 0 unspecified atom stereocenters. The minimum atomic E-state index is -0.775. The van der Waals surface area contributed by atoms with Crippen LogP contribution in [0.2, 0.25) is 0 Å². The van der Waals surface area contributed by atoms with Crippen LogP contribution < -0.4 is 0 Å². The number of thioether (sulfide) groups is 2. The maximum atomic E-state index is 12.1. The molecule has 10 heteroatoms. The van der Waals surface area contributed by atoms with Gasteiger partial charge < -0.3 is 39.4 Å². The minimum Gasteiger partial charge on any atom is -0.396 e. The molecule has 5 aliphatic rings. The zero-order valence-electron chi connectivity index (χ0n) is 26.6. The number of hydrogen-bond donors (Lipinski definition) is 4. The highest BCUT2D eigenvalue weighted by Crippen LogP contribution is 2.56. The molecular weight excluding hydrogens is 601 g/mol. The first-order valence-electron chi connectivity index (χ1n) is 16.6. The lowest BCUT2D eigenvalue weighted by Crippen LogP contribution is -2.53. The number of aliphatic hydroxyl groups excluding tert-OH is 4. The molecule has 0 aromatic rings. The van der Waals surface area contributed by atoms with E-state index >= 15 is 0 Å². The molecule has 11 atom stereocenters. The lowest BCUT2D eigenvalue weighted by molar-refractivity contribution is -0.365. The molecule has 4 N–H and O–H groups in total. The summed E-state index contributed by atoms with van der Waals surface area (Å²) in [5, 5.41) is 41.3. The largest absolute Gasteiger partial charge is 0.396 e. The molecule has 44 heavy (non-hydrogen) atoms. The summed E-state index contributed by atoms with van der Waals surface area (Å²) in [6.45, 7) is 10.1. The van der Waals surface area contributed by atoms with Gasteiger partial charge in [-0.1, -0.05) is 51.7 Å². The van der Waals surface area contributed by atoms with E-state index in [1.165, 1.54) is 0 Å². The second-order valence-electron chi connectivity index (χ2n) is 13.7. The number of rotatable bonds is 12. The van der Waals surface area contributed by atoms with E-state index in [1.54, 1.807) is 0 Å². The van der Waals surface area contributed by atoms with Crippen molar-refractivity contribution in [1.82, 2.24) is 0 Å². The molecule has 5 rings (SSSR count). The van der Waals surface area contributed by atoms with Gasteiger partial charge in [-0.15, -0.1) is 23.5 Å². The van der Waals surface area contributed by atoms with Gasteiger partial charge in [0.25, 0.3) is 0 Å². The zero-order valence-corrected chi connectivity index (χ0v) is 28.3. The third-order valence-electron chi connectivity index (χ3n) is 10.4. The van der Waals surface area contributed by atoms with Crippen LogP contribution in [-0.4, -0.2) is 97.4 Å². The van der Waals surface area contributed by atoms with Crippen molar-refractivity contribution in [3.05, 3.63) is 36.5 Å². The Labute approximate surface area is 272 Å². The lowest BCUT2D eigenvalue weighted by Gasteiger charge is -2.47. The van der Waals surface area contributed by atoms with Crippen LogP contribution >= 0.6 is 23.5 Å². The first-order valence-corrected chi connectivity index (χ1v) is 18.6. The fourth-order valence-corrected chi connectivity index (χ4v) is 11.4. The van der Waals surface area contributed by atoms with Crippen LogP contribution in [0.25, 0.3) is 0 Å². The third-order valence-corrected chi connectivity index (χ3v) is 14.3. The van der Waals surface area contributed by atoms with E-state index < -0.39 is 27.9 Å². The summed E-state index contributed by atoms with van der Waals surface area (Å²) in [5.41, 5.74) is 0.433. The highest BCUT2D eigenvalue weighted by Gasteiger charge is 2.61. The topological polar surface area (TPSA) is 118 Å². The second kappa shape index (κ2) is 14.8. The summed E-state index contributed by atoms with van der Waals surface area (Å²) in [7, 11) is 0. The Balaban J connectivity index is 1.24. The summed E-state index contributed by atoms with van der Waals surface area (Å²) in [5.74, 6) is 0.632. The van der Waals surface area contributed by atoms with E-state index in [0.29, 0.717) is 24.8 Å². The zero-order chi connectivity index (χ0) is 31.5. The fourth-order valence-electron chi connectivity index (χ4n) is 7.80. The van der Waals surface area contributed by atoms with Crippen molar-refractivity contribution < 1.29 is 39.4 Å². The molecule has 0 aliphatic carbocycles. The predicted octanol–water partition coefficient (Wildman–Crippen LogP) is 4.94. The van der Waals surface area contributed by atoms with Crippen LogP contribution in [0.15, 0.2) is 36.5 Å². The van der Waals surface area contributed by atoms with Gasteiger partial charge in [-0.25, -0.2) is 0 Å². The predicted molar refractivity (Wildman–Crippen MR) is 175 cm³/mol. The third kappa shape index (κ3) is 7.20. The number of fused-ring (bicyclic) bond motifs is 1. The first kappa shape index (κ1) is 34.9. The quantitative estimate of drug-likeness (QED) is 0.170. The maximum absolute atomic E-state index is 12.1. The maximum Gasteiger partial charge on any atom is 0.176 e. The summed E-state index contributed by atoms with van der Waals surface area (Å²) in [6, 6.07) is 0. The molecule has 4 saturated heterocycles. The summed E-state index contributed by atoms with van der Waals surface area (Å²) in [4.78, 5) is 0. The molecule has 0 amide bonds. The Bertz CT molecular complexity index is 1030. The summed E-state index contributed by atoms with van der Waals surface area (Å²) >= 11 is 3.66. The lowest BCUT2D eigenvalue weighted by atomic mass is 9.84. The highest BCUT2D eigenvalue weighted by molar-refractivity contribution is 8.18. The SMILES string of the molecule is C=C(CO)[C@@H](O)[C@@H](C)C[C@@H](C)C1([C@H](O)[C@@H]2C[C@H]3O[C@@]4(CC[C@]5(CC=C[C@@H](/C=C/CCCO)O5)O4)[C@H](C)C[C@H]3O2)SCCCS1. The van der Waals surface area contributed by atoms with Gasteiger partial charge in [0.1, 0.15) is 6.10 Å². The molecular formula is C34H54O8S2. The molecule has 0 aromatic heterocycles. The van der Waals surface area contributed by atoms with Gasteiger partial charge >= 0.3 is 0 Å². The monoisotopic (exact) mass is 654 g/mol. The van der Waals surface area contributed by atoms with Gasteiger partial charge in [-0.05, 0) is 61.0 Å². The highest BCUT2D eigenvalue weighted by atomic mass is 32.2. The normalized spacial score (nSPS) is 39.5. The van der Waals surface area contributed by atoms with E-state index in [1.807, 2.05) is 36.5 Å². The van der Waals surface area contributed by atoms with Gasteiger partial charge in [0, 0.05) is 38.2 Å². The number of ether oxygens (including phenoxy) is 4. The van der Waals surface area contributed by atoms with E-state index in [0.717, 1.165) is 50.0 Å². The molecule has 0 aromatic carbocycles. The molecule has 5 heterocycles. The summed E-state index contributed by atoms with van der Waals surface area (Å²) in [6.07, 6.45) is 13.1. The van der Waals surface area contributed by atoms with Crippen molar-refractivity contribution in [3.63, 3.8) is 0 Å². The van der Waals surface area contributed by atoms with Crippen molar-refractivity contribution in [2.75, 3.05) is 24.7 Å². The average Bonchev–Trinajstić information content (AvgIpc) is 3.59. The Kier molecular flexibility index (Phi) is 11.7. The van der Waals surface area contributed by atoms with Crippen molar-refractivity contribution in [3.8, 4) is 0 Å². The number of allylic oxidation sites excluding steroid dienone is 1. The van der Waals surface area contributed by atoms with Crippen molar-refractivity contribution in [1.29, 1.82) is 0 Å². The second-order valence-corrected chi connectivity index (χ2v) is 16.7. The van der Waals surface area contributed by atoms with Crippen LogP contribution in [0.1, 0.15) is 78.6 Å². The van der Waals surface area contributed by atoms with Gasteiger partial charge in [-0.3, -0.25) is 0 Å². The minimum absolute atomic E-state index is 0.0905. The van der Waals surface area contributed by atoms with Gasteiger partial charge in [-0.2, -0.15) is 0 Å². The van der Waals surface area contributed by atoms with Gasteiger partial charge in [0.15, 0.2) is 11.6 Å².